The van der Waals surface area contributed by atoms with E-state index < -0.39 is 0 Å². The zero-order chi connectivity index (χ0) is 13.1. The van der Waals surface area contributed by atoms with Gasteiger partial charge in [0, 0.05) is 0 Å². The lowest BCUT2D eigenvalue weighted by atomic mass is 9.60. The Hall–Kier alpha value is -1.37. The molecule has 0 spiro atoms. The molecule has 0 atom stereocenters. The van der Waals surface area contributed by atoms with Crippen molar-refractivity contribution in [2.24, 2.45) is 0 Å². The van der Waals surface area contributed by atoms with Crippen LogP contribution >= 0.6 is 0 Å². The summed E-state index contributed by atoms with van der Waals surface area (Å²) in [5.41, 5.74) is 2.16. The van der Waals surface area contributed by atoms with Gasteiger partial charge in [-0.3, -0.25) is 4.79 Å². The molecule has 0 amide bonds. The third-order valence-corrected chi connectivity index (χ3v) is 4.80. The van der Waals surface area contributed by atoms with Gasteiger partial charge in [0.25, 0.3) is 0 Å². The van der Waals surface area contributed by atoms with Crippen LogP contribution in [0.3, 0.4) is 0 Å². The lowest BCUT2D eigenvalue weighted by Gasteiger charge is -2.41. The molecule has 19 heavy (non-hydrogen) atoms. The first-order valence-corrected chi connectivity index (χ1v) is 7.62. The van der Waals surface area contributed by atoms with Crippen molar-refractivity contribution in [1.29, 1.82) is 0 Å². The lowest BCUT2D eigenvalue weighted by Crippen LogP contribution is -2.43. The van der Waals surface area contributed by atoms with Crippen molar-refractivity contribution in [2.45, 2.75) is 56.8 Å². The number of Topliss-reactive ketones (excluding diaryl/α,β-unsaturated/α-hetero) is 1. The van der Waals surface area contributed by atoms with E-state index in [1.54, 1.807) is 0 Å². The van der Waals surface area contributed by atoms with Crippen molar-refractivity contribution in [2.75, 3.05) is 0 Å². The summed E-state index contributed by atoms with van der Waals surface area (Å²) in [6.45, 7) is 0. The van der Waals surface area contributed by atoms with Crippen LogP contribution in [0.5, 0.6) is 0 Å². The molecule has 1 fully saturated rings. The molecule has 100 valence electrons. The molecular formula is C18H22O. The fraction of sp³-hybridized carbons (Fsp3) is 0.500. The van der Waals surface area contributed by atoms with Crippen LogP contribution in [-0.4, -0.2) is 5.78 Å². The third-order valence-electron chi connectivity index (χ3n) is 4.80. The van der Waals surface area contributed by atoms with Crippen molar-refractivity contribution < 1.29 is 4.79 Å². The monoisotopic (exact) mass is 254 g/mol. The van der Waals surface area contributed by atoms with E-state index in [-0.39, 0.29) is 5.41 Å². The summed E-state index contributed by atoms with van der Waals surface area (Å²) in [6.07, 6.45) is 11.3. The Kier molecular flexibility index (Phi) is 3.54. The smallest absolute Gasteiger partial charge is 0.169 e. The van der Waals surface area contributed by atoms with Gasteiger partial charge in [0.1, 0.15) is 0 Å². The van der Waals surface area contributed by atoms with Crippen LogP contribution in [0.1, 0.15) is 56.9 Å². The van der Waals surface area contributed by atoms with Crippen LogP contribution in [0.15, 0.2) is 42.0 Å². The van der Waals surface area contributed by atoms with Gasteiger partial charge < -0.3 is 0 Å². The second-order valence-corrected chi connectivity index (χ2v) is 5.96. The van der Waals surface area contributed by atoms with Crippen molar-refractivity contribution in [1.82, 2.24) is 0 Å². The van der Waals surface area contributed by atoms with E-state index in [1.165, 1.54) is 31.2 Å². The normalized spacial score (nSPS) is 22.0. The van der Waals surface area contributed by atoms with Gasteiger partial charge in [0.15, 0.2) is 5.78 Å². The summed E-state index contributed by atoms with van der Waals surface area (Å²) in [4.78, 5) is 13.0. The fourth-order valence-electron chi connectivity index (χ4n) is 3.46. The molecule has 1 heteroatoms. The van der Waals surface area contributed by atoms with E-state index in [4.69, 9.17) is 0 Å². The zero-order valence-electron chi connectivity index (χ0n) is 11.5. The highest BCUT2D eigenvalue weighted by molar-refractivity contribution is 6.04. The van der Waals surface area contributed by atoms with Crippen molar-refractivity contribution in [3.63, 3.8) is 0 Å². The summed E-state index contributed by atoms with van der Waals surface area (Å²) in [7, 11) is 0. The second kappa shape index (κ2) is 5.32. The molecule has 2 aliphatic carbocycles. The Morgan fingerprint density at radius 1 is 0.947 bits per heavy atom. The average molecular weight is 254 g/mol. The molecule has 0 aromatic heterocycles. The largest absolute Gasteiger partial charge is 0.294 e. The van der Waals surface area contributed by atoms with Crippen LogP contribution in [0.2, 0.25) is 0 Å². The molecule has 3 rings (SSSR count). The SMILES string of the molecule is O=C(C1=CCCCCC1)C1(c2ccccc2)CCC1. The molecule has 1 saturated carbocycles. The van der Waals surface area contributed by atoms with Crippen LogP contribution in [0.4, 0.5) is 0 Å². The van der Waals surface area contributed by atoms with Crippen molar-refractivity contribution >= 4 is 5.78 Å². The van der Waals surface area contributed by atoms with E-state index in [0.29, 0.717) is 5.78 Å². The van der Waals surface area contributed by atoms with E-state index in [1.807, 2.05) is 6.07 Å². The number of rotatable bonds is 3. The molecule has 0 bridgehead atoms. The highest BCUT2D eigenvalue weighted by Crippen LogP contribution is 2.46. The first-order chi connectivity index (χ1) is 9.33. The van der Waals surface area contributed by atoms with Crippen molar-refractivity contribution in [3.8, 4) is 0 Å². The predicted octanol–water partition coefficient (Wildman–Crippen LogP) is 4.57. The summed E-state index contributed by atoms with van der Waals surface area (Å²) >= 11 is 0. The van der Waals surface area contributed by atoms with E-state index in [0.717, 1.165) is 31.3 Å². The molecule has 1 nitrogen and oxygen atoms in total. The van der Waals surface area contributed by atoms with Gasteiger partial charge in [-0.2, -0.15) is 0 Å². The highest BCUT2D eigenvalue weighted by Gasteiger charge is 2.45. The number of carbonyl (C=O) groups is 1. The lowest BCUT2D eigenvalue weighted by molar-refractivity contribution is -0.124. The minimum Gasteiger partial charge on any atom is -0.294 e. The summed E-state index contributed by atoms with van der Waals surface area (Å²) in [5.74, 6) is 0.423. The number of allylic oxidation sites excluding steroid dienone is 2. The number of ketones is 1. The Morgan fingerprint density at radius 3 is 2.42 bits per heavy atom. The molecule has 0 unspecified atom stereocenters. The maximum atomic E-state index is 13.0. The topological polar surface area (TPSA) is 17.1 Å². The molecule has 0 heterocycles. The minimum absolute atomic E-state index is 0.183. The fourth-order valence-corrected chi connectivity index (χ4v) is 3.46. The number of benzene rings is 1. The first kappa shape index (κ1) is 12.7. The Labute approximate surface area is 115 Å². The Balaban J connectivity index is 1.90. The molecule has 1 aromatic rings. The Morgan fingerprint density at radius 2 is 1.74 bits per heavy atom. The van der Waals surface area contributed by atoms with Gasteiger partial charge in [0.05, 0.1) is 5.41 Å². The molecule has 0 radical (unpaired) electrons. The van der Waals surface area contributed by atoms with Gasteiger partial charge in [-0.25, -0.2) is 0 Å². The van der Waals surface area contributed by atoms with Gasteiger partial charge in [-0.05, 0) is 49.7 Å². The summed E-state index contributed by atoms with van der Waals surface area (Å²) in [5, 5.41) is 0. The number of hydrogen-bond donors (Lipinski definition) is 0. The molecule has 2 aliphatic rings. The van der Waals surface area contributed by atoms with E-state index in [2.05, 4.69) is 30.3 Å². The average Bonchev–Trinajstić information content (AvgIpc) is 2.67. The maximum Gasteiger partial charge on any atom is 0.169 e. The van der Waals surface area contributed by atoms with Crippen molar-refractivity contribution in [3.05, 3.63) is 47.5 Å². The van der Waals surface area contributed by atoms with Crippen LogP contribution in [0.25, 0.3) is 0 Å². The highest BCUT2D eigenvalue weighted by atomic mass is 16.1. The zero-order valence-corrected chi connectivity index (χ0v) is 11.5. The third kappa shape index (κ3) is 2.27. The summed E-state index contributed by atoms with van der Waals surface area (Å²) < 4.78 is 0. The minimum atomic E-state index is -0.183. The molecule has 0 N–H and O–H groups in total. The first-order valence-electron chi connectivity index (χ1n) is 7.62. The van der Waals surface area contributed by atoms with E-state index in [9.17, 15) is 4.79 Å². The maximum absolute atomic E-state index is 13.0. The molecule has 0 aliphatic heterocycles. The number of carbonyl (C=O) groups excluding carboxylic acids is 1. The number of hydrogen-bond acceptors (Lipinski definition) is 1. The standard InChI is InChI=1S/C18H22O/c19-17(15-9-4-1-2-5-10-15)18(13-8-14-18)16-11-6-3-7-12-16/h3,6-7,9,11-12H,1-2,4-5,8,10,13-14H2. The van der Waals surface area contributed by atoms with Crippen LogP contribution in [0, 0.1) is 0 Å². The molecule has 0 saturated heterocycles. The molecule has 1 aromatic carbocycles. The Bertz CT molecular complexity index is 480. The predicted molar refractivity (Wildman–Crippen MR) is 78.1 cm³/mol. The second-order valence-electron chi connectivity index (χ2n) is 5.96. The van der Waals surface area contributed by atoms with Gasteiger partial charge in [0.2, 0.25) is 0 Å². The van der Waals surface area contributed by atoms with Gasteiger partial charge in [-0.1, -0.05) is 49.2 Å². The quantitative estimate of drug-likeness (QED) is 0.772. The van der Waals surface area contributed by atoms with Gasteiger partial charge in [-0.15, -0.1) is 0 Å². The summed E-state index contributed by atoms with van der Waals surface area (Å²) in [6, 6.07) is 10.4. The van der Waals surface area contributed by atoms with Crippen LogP contribution < -0.4 is 0 Å². The van der Waals surface area contributed by atoms with Crippen LogP contribution in [-0.2, 0) is 10.2 Å². The van der Waals surface area contributed by atoms with Gasteiger partial charge >= 0.3 is 0 Å². The molecular weight excluding hydrogens is 232 g/mol. The van der Waals surface area contributed by atoms with E-state index >= 15 is 0 Å².